The molecule has 59 heavy (non-hydrogen) atoms. The van der Waals surface area contributed by atoms with Gasteiger partial charge in [0.25, 0.3) is 11.8 Å². The van der Waals surface area contributed by atoms with Gasteiger partial charge >= 0.3 is 12.2 Å². The maximum absolute atomic E-state index is 14.8. The predicted molar refractivity (Wildman–Crippen MR) is 202 cm³/mol. The maximum atomic E-state index is 14.8. The van der Waals surface area contributed by atoms with Crippen molar-refractivity contribution in [2.75, 3.05) is 34.4 Å². The van der Waals surface area contributed by atoms with Crippen molar-refractivity contribution in [3.63, 3.8) is 0 Å². The lowest BCUT2D eigenvalue weighted by Gasteiger charge is -2.30. The molecule has 0 saturated carbocycles. The molecule has 4 aromatic rings. The zero-order valence-electron chi connectivity index (χ0n) is 32.7. The van der Waals surface area contributed by atoms with Crippen LogP contribution in [0.1, 0.15) is 50.4 Å². The number of nitrogens with one attached hydrogen (secondary N) is 4. The highest BCUT2D eigenvalue weighted by Gasteiger charge is 2.52. The molecule has 2 saturated heterocycles. The second-order valence-corrected chi connectivity index (χ2v) is 14.5. The third-order valence-corrected chi connectivity index (χ3v) is 10.6. The van der Waals surface area contributed by atoms with E-state index in [4.69, 9.17) is 9.47 Å². The lowest BCUT2D eigenvalue weighted by Crippen LogP contribution is -2.54. The third kappa shape index (κ3) is 9.33. The molecule has 5 N–H and O–H groups in total. The number of ether oxygens (including phenoxy) is 3. The number of rotatable bonds is 13. The fourth-order valence-electron chi connectivity index (χ4n) is 7.28. The summed E-state index contributed by atoms with van der Waals surface area (Å²) in [6.45, 7) is 1.19. The van der Waals surface area contributed by atoms with E-state index in [9.17, 15) is 41.8 Å². The number of hydrogen-bond donors (Lipinski definition) is 5. The third-order valence-electron chi connectivity index (χ3n) is 10.6. The summed E-state index contributed by atoms with van der Waals surface area (Å²) < 4.78 is 74.0. The number of aromatic amines is 2. The molecule has 0 bridgehead atoms. The minimum atomic E-state index is -3.23. The molecular weight excluding hydrogens is 784 g/mol. The van der Waals surface area contributed by atoms with Crippen molar-refractivity contribution in [1.82, 2.24) is 40.4 Å². The Morgan fingerprint density at radius 1 is 0.695 bits per heavy atom. The average Bonchev–Trinajstić information content (AvgIpc) is 4.03. The number of hydrogen-bond acceptors (Lipinski definition) is 9. The van der Waals surface area contributed by atoms with E-state index < -0.39 is 98.2 Å². The van der Waals surface area contributed by atoms with Crippen LogP contribution in [0.25, 0.3) is 33.6 Å². The van der Waals surface area contributed by atoms with Crippen LogP contribution in [0, 0.1) is 0 Å². The first-order valence-electron chi connectivity index (χ1n) is 18.5. The monoisotopic (exact) mass is 828 g/mol. The Balaban J connectivity index is 1.15. The van der Waals surface area contributed by atoms with E-state index in [0.29, 0.717) is 22.5 Å². The molecule has 4 heterocycles. The lowest BCUT2D eigenvalue weighted by atomic mass is 10.0. The summed E-state index contributed by atoms with van der Waals surface area (Å²) in [7, 11) is 3.73. The van der Waals surface area contributed by atoms with Gasteiger partial charge < -0.3 is 49.7 Å². The van der Waals surface area contributed by atoms with Crippen molar-refractivity contribution >= 4 is 24.0 Å². The molecule has 2 aromatic heterocycles. The number of amides is 4. The van der Waals surface area contributed by atoms with Gasteiger partial charge in [-0.3, -0.25) is 9.59 Å². The topological polar surface area (TPSA) is 204 Å². The van der Waals surface area contributed by atoms with E-state index in [1.54, 1.807) is 0 Å². The van der Waals surface area contributed by atoms with Crippen LogP contribution in [0.5, 0.6) is 0 Å². The quantitative estimate of drug-likeness (QED) is 0.109. The first-order chi connectivity index (χ1) is 27.9. The van der Waals surface area contributed by atoms with Gasteiger partial charge in [0.1, 0.15) is 23.7 Å². The van der Waals surface area contributed by atoms with Gasteiger partial charge in [-0.2, -0.15) is 0 Å². The maximum Gasteiger partial charge on any atom is 0.407 e. The molecule has 4 amide bonds. The van der Waals surface area contributed by atoms with Crippen molar-refractivity contribution in [3.05, 3.63) is 72.6 Å². The Morgan fingerprint density at radius 3 is 1.42 bits per heavy atom. The van der Waals surface area contributed by atoms with Gasteiger partial charge in [0, 0.05) is 27.1 Å². The summed E-state index contributed by atoms with van der Waals surface area (Å²) in [6, 6.07) is 9.71. The minimum Gasteiger partial charge on any atom is -0.465 e. The van der Waals surface area contributed by atoms with Crippen LogP contribution >= 0.6 is 0 Å². The van der Waals surface area contributed by atoms with Gasteiger partial charge in [-0.05, 0) is 36.1 Å². The van der Waals surface area contributed by atoms with Crippen molar-refractivity contribution in [1.29, 1.82) is 0 Å². The van der Waals surface area contributed by atoms with E-state index in [2.05, 4.69) is 35.3 Å². The SMILES string of the molecule is COC(=O)N[C@H](C(=O)N1CC(F)(F)C[C@H]1c1ncc(-c2ccc(-c3ccc(-c4cnc([C@@H]5CC(F)(F)CN5C(=O)[C@@H](NC(=O)O)[C@@H](C)OC)[nH]4)cc3)cc2)[nH]1)[C@@H](C)OC. The molecule has 0 spiro atoms. The van der Waals surface area contributed by atoms with Crippen LogP contribution in [0.15, 0.2) is 60.9 Å². The minimum absolute atomic E-state index is 0.118. The predicted octanol–water partition coefficient (Wildman–Crippen LogP) is 5.38. The highest BCUT2D eigenvalue weighted by atomic mass is 19.3. The van der Waals surface area contributed by atoms with E-state index in [1.807, 2.05) is 48.5 Å². The zero-order chi connectivity index (χ0) is 42.8. The largest absolute Gasteiger partial charge is 0.465 e. The second kappa shape index (κ2) is 17.1. The number of likely N-dealkylation sites (tertiary alicyclic amines) is 2. The number of nitrogens with zero attached hydrogens (tertiary/aromatic N) is 4. The van der Waals surface area contributed by atoms with Crippen molar-refractivity contribution in [3.8, 4) is 33.6 Å². The first-order valence-corrected chi connectivity index (χ1v) is 18.5. The summed E-state index contributed by atoms with van der Waals surface area (Å²) in [5.74, 6) is -7.81. The number of carbonyl (C=O) groups is 4. The Bertz CT molecular complexity index is 2150. The molecule has 0 unspecified atom stereocenters. The van der Waals surface area contributed by atoms with Gasteiger partial charge in [-0.1, -0.05) is 48.5 Å². The number of H-pyrrole nitrogens is 2. The first kappa shape index (κ1) is 42.6. The van der Waals surface area contributed by atoms with Crippen molar-refractivity contribution in [2.24, 2.45) is 0 Å². The van der Waals surface area contributed by atoms with Crippen LogP contribution in [0.2, 0.25) is 0 Å². The summed E-state index contributed by atoms with van der Waals surface area (Å²) in [5.41, 5.74) is 4.09. The van der Waals surface area contributed by atoms with Crippen molar-refractivity contribution < 1.29 is 56.1 Å². The number of imidazole rings is 2. The number of methoxy groups -OCH3 is 3. The van der Waals surface area contributed by atoms with Gasteiger partial charge in [0.2, 0.25) is 11.8 Å². The number of aromatic nitrogens is 4. The fraction of sp³-hybridized carbons (Fsp3) is 0.436. The molecule has 0 aliphatic carbocycles. The van der Waals surface area contributed by atoms with Crippen LogP contribution in [-0.2, 0) is 23.8 Å². The molecule has 316 valence electrons. The Labute approximate surface area is 335 Å². The highest BCUT2D eigenvalue weighted by molar-refractivity contribution is 5.87. The normalized spacial score (nSPS) is 20.4. The van der Waals surface area contributed by atoms with E-state index in [0.717, 1.165) is 28.0 Å². The van der Waals surface area contributed by atoms with Gasteiger partial charge in [-0.25, -0.2) is 37.1 Å². The summed E-state index contributed by atoms with van der Waals surface area (Å²) in [6.07, 6.45) is -2.61. The van der Waals surface area contributed by atoms with Crippen LogP contribution in [0.4, 0.5) is 27.2 Å². The molecule has 6 rings (SSSR count). The van der Waals surface area contributed by atoms with E-state index in [1.165, 1.54) is 40.5 Å². The number of benzene rings is 2. The average molecular weight is 829 g/mol. The van der Waals surface area contributed by atoms with Gasteiger partial charge in [0.15, 0.2) is 0 Å². The Kier molecular flexibility index (Phi) is 12.3. The van der Waals surface area contributed by atoms with Crippen LogP contribution in [0.3, 0.4) is 0 Å². The molecular formula is C39H44F4N8O8. The number of carbonyl (C=O) groups excluding carboxylic acids is 3. The fourth-order valence-corrected chi connectivity index (χ4v) is 7.28. The molecule has 2 aromatic carbocycles. The molecule has 2 fully saturated rings. The summed E-state index contributed by atoms with van der Waals surface area (Å²) in [4.78, 5) is 67.0. The van der Waals surface area contributed by atoms with Crippen molar-refractivity contribution in [2.45, 2.75) is 74.9 Å². The number of alkyl halides is 4. The molecule has 16 nitrogen and oxygen atoms in total. The van der Waals surface area contributed by atoms with Gasteiger partial charge in [0.05, 0.1) is 68.3 Å². The molecule has 0 radical (unpaired) electrons. The number of alkyl carbamates (subject to hydrolysis) is 1. The lowest BCUT2D eigenvalue weighted by molar-refractivity contribution is -0.139. The molecule has 6 atom stereocenters. The smallest absolute Gasteiger partial charge is 0.407 e. The number of halogens is 4. The Morgan fingerprint density at radius 2 is 1.07 bits per heavy atom. The van der Waals surface area contributed by atoms with Crippen LogP contribution < -0.4 is 10.6 Å². The standard InChI is InChI=1S/C39H44F4N8O8/c1-20(57-3)30(48-36(54)55)34(52)50-18-38(40,41)14-28(50)32-44-16-26(46-32)24-10-6-22(7-11-24)23-8-12-25(13-9-23)27-17-45-33(47-27)29-15-39(42,43)19-51(29)35(53)31(21(2)58-4)49-37(56)59-5/h6-13,16-17,20-21,28-31,48H,14-15,18-19H2,1-5H3,(H,44,46)(H,45,47)(H,49,56)(H,54,55)/t20-,21-,28+,29+,30+,31+/m1/s1. The zero-order valence-corrected chi connectivity index (χ0v) is 32.7. The van der Waals surface area contributed by atoms with E-state index >= 15 is 0 Å². The van der Waals surface area contributed by atoms with Gasteiger partial charge in [-0.15, -0.1) is 0 Å². The Hall–Kier alpha value is -6.02. The number of carboxylic acid groups (broad SMARTS) is 1. The molecule has 20 heteroatoms. The summed E-state index contributed by atoms with van der Waals surface area (Å²) in [5, 5.41) is 13.7. The second-order valence-electron chi connectivity index (χ2n) is 14.5. The highest BCUT2D eigenvalue weighted by Crippen LogP contribution is 2.42. The van der Waals surface area contributed by atoms with Crippen LogP contribution in [-0.4, -0.2) is 129 Å². The van der Waals surface area contributed by atoms with E-state index in [-0.39, 0.29) is 11.6 Å². The summed E-state index contributed by atoms with van der Waals surface area (Å²) >= 11 is 0. The molecule has 2 aliphatic rings. The molecule has 2 aliphatic heterocycles.